The van der Waals surface area contributed by atoms with Gasteiger partial charge in [-0.2, -0.15) is 9.78 Å². The number of aromatic nitrogens is 5. The van der Waals surface area contributed by atoms with Crippen molar-refractivity contribution in [2.45, 2.75) is 6.92 Å². The average Bonchev–Trinajstić information content (AvgIpc) is 3.17. The molecule has 4 rings (SSSR count). The maximum atomic E-state index is 12.6. The number of para-hydroxylation sites is 1. The van der Waals surface area contributed by atoms with Gasteiger partial charge in [0.05, 0.1) is 28.2 Å². The van der Waals surface area contributed by atoms with Crippen LogP contribution in [0.2, 0.25) is 0 Å². The predicted octanol–water partition coefficient (Wildman–Crippen LogP) is 1.64. The number of pyridine rings is 1. The van der Waals surface area contributed by atoms with E-state index in [2.05, 4.69) is 20.5 Å². The Morgan fingerprint density at radius 1 is 1.21 bits per heavy atom. The van der Waals surface area contributed by atoms with E-state index in [0.29, 0.717) is 28.5 Å². The first-order valence-corrected chi connectivity index (χ1v) is 7.51. The second-order valence-corrected chi connectivity index (χ2v) is 5.26. The molecule has 3 heterocycles. The van der Waals surface area contributed by atoms with Crippen molar-refractivity contribution in [3.05, 3.63) is 53.1 Å². The highest BCUT2D eigenvalue weighted by Crippen LogP contribution is 2.20. The minimum atomic E-state index is -0.357. The lowest BCUT2D eigenvalue weighted by atomic mass is 10.2. The average molecular weight is 322 g/mol. The number of rotatable bonds is 2. The van der Waals surface area contributed by atoms with Crippen LogP contribution in [-0.2, 0) is 0 Å². The first kappa shape index (κ1) is 14.2. The van der Waals surface area contributed by atoms with Crippen LogP contribution >= 0.6 is 0 Å². The number of carbonyl (C=O) groups excluding carboxylic acids is 1. The lowest BCUT2D eigenvalue weighted by Crippen LogP contribution is -2.29. The fourth-order valence-electron chi connectivity index (χ4n) is 2.68. The summed E-state index contributed by atoms with van der Waals surface area (Å²) in [6, 6.07) is 8.90. The van der Waals surface area contributed by atoms with Gasteiger partial charge in [0.2, 0.25) is 0 Å². The van der Waals surface area contributed by atoms with E-state index in [9.17, 15) is 9.59 Å². The number of fused-ring (bicyclic) bond motifs is 3. The number of H-pyrrole nitrogens is 1. The molecule has 0 spiro atoms. The molecule has 4 aromatic rings. The normalized spacial score (nSPS) is 11.2. The quantitative estimate of drug-likeness (QED) is 0.586. The molecule has 0 radical (unpaired) electrons. The summed E-state index contributed by atoms with van der Waals surface area (Å²) >= 11 is 0. The van der Waals surface area contributed by atoms with Crippen LogP contribution < -0.4 is 10.9 Å². The number of nitrogens with zero attached hydrogens (tertiary/aromatic N) is 4. The highest BCUT2D eigenvalue weighted by atomic mass is 16.2. The van der Waals surface area contributed by atoms with Crippen molar-refractivity contribution in [3.63, 3.8) is 0 Å². The monoisotopic (exact) mass is 322 g/mol. The largest absolute Gasteiger partial charge is 0.344 e. The van der Waals surface area contributed by atoms with Crippen molar-refractivity contribution < 1.29 is 4.79 Å². The maximum Gasteiger partial charge on any atom is 0.344 e. The third-order valence-electron chi connectivity index (χ3n) is 3.79. The smallest absolute Gasteiger partial charge is 0.336 e. The van der Waals surface area contributed by atoms with Crippen LogP contribution in [0.25, 0.3) is 27.6 Å². The highest BCUT2D eigenvalue weighted by Gasteiger charge is 2.17. The van der Waals surface area contributed by atoms with Gasteiger partial charge in [-0.1, -0.05) is 18.2 Å². The van der Waals surface area contributed by atoms with Crippen LogP contribution in [0.5, 0.6) is 0 Å². The zero-order valence-electron chi connectivity index (χ0n) is 12.9. The van der Waals surface area contributed by atoms with Gasteiger partial charge in [0.15, 0.2) is 5.65 Å². The van der Waals surface area contributed by atoms with Gasteiger partial charge in [0.1, 0.15) is 0 Å². The van der Waals surface area contributed by atoms with Crippen molar-refractivity contribution in [1.29, 1.82) is 0 Å². The summed E-state index contributed by atoms with van der Waals surface area (Å²) in [6.07, 6.45) is 3.00. The molecule has 0 saturated heterocycles. The number of hydrogen-bond acceptors (Lipinski definition) is 4. The summed E-state index contributed by atoms with van der Waals surface area (Å²) in [5.41, 5.74) is 1.53. The number of carbonyl (C=O) groups is 1. The fraction of sp³-hybridized carbons (Fsp3) is 0.125. The molecule has 0 aliphatic rings. The molecule has 0 aliphatic heterocycles. The molecule has 1 amide bonds. The van der Waals surface area contributed by atoms with Gasteiger partial charge >= 0.3 is 6.03 Å². The van der Waals surface area contributed by atoms with Crippen LogP contribution in [-0.4, -0.2) is 37.1 Å². The molecule has 1 aromatic carbocycles. The third kappa shape index (κ3) is 2.00. The van der Waals surface area contributed by atoms with Gasteiger partial charge in [0.25, 0.3) is 5.56 Å². The summed E-state index contributed by atoms with van der Waals surface area (Å²) in [6.45, 7) is 2.32. The first-order valence-electron chi connectivity index (χ1n) is 7.51. The summed E-state index contributed by atoms with van der Waals surface area (Å²) in [5.74, 6) is 0. The number of benzene rings is 1. The molecule has 120 valence electrons. The van der Waals surface area contributed by atoms with E-state index < -0.39 is 0 Å². The van der Waals surface area contributed by atoms with Crippen LogP contribution in [0.3, 0.4) is 0 Å². The van der Waals surface area contributed by atoms with Gasteiger partial charge in [-0.25, -0.2) is 14.5 Å². The Morgan fingerprint density at radius 2 is 2.00 bits per heavy atom. The second kappa shape index (κ2) is 5.34. The van der Waals surface area contributed by atoms with E-state index in [1.807, 2.05) is 37.3 Å². The molecule has 24 heavy (non-hydrogen) atoms. The Bertz CT molecular complexity index is 1110. The zero-order valence-corrected chi connectivity index (χ0v) is 12.9. The topological polar surface area (TPSA) is 97.6 Å². The molecular weight excluding hydrogens is 308 g/mol. The zero-order chi connectivity index (χ0) is 16.7. The van der Waals surface area contributed by atoms with Crippen LogP contribution in [0, 0.1) is 0 Å². The minimum absolute atomic E-state index is 0.198. The van der Waals surface area contributed by atoms with Gasteiger partial charge in [0, 0.05) is 12.7 Å². The van der Waals surface area contributed by atoms with Gasteiger partial charge in [-0.15, -0.1) is 0 Å². The Hall–Kier alpha value is -3.42. The van der Waals surface area contributed by atoms with E-state index in [1.165, 1.54) is 21.8 Å². The van der Waals surface area contributed by atoms with Crippen molar-refractivity contribution in [3.8, 4) is 5.69 Å². The highest BCUT2D eigenvalue weighted by molar-refractivity contribution is 6.03. The van der Waals surface area contributed by atoms with E-state index in [-0.39, 0.29) is 11.6 Å². The molecule has 3 aromatic heterocycles. The Morgan fingerprint density at radius 3 is 2.75 bits per heavy atom. The van der Waals surface area contributed by atoms with Gasteiger partial charge in [-0.05, 0) is 19.1 Å². The Kier molecular flexibility index (Phi) is 3.16. The van der Waals surface area contributed by atoms with Crippen LogP contribution in [0.1, 0.15) is 6.92 Å². The summed E-state index contributed by atoms with van der Waals surface area (Å²) in [4.78, 5) is 28.9. The van der Waals surface area contributed by atoms with Crippen LogP contribution in [0.4, 0.5) is 4.79 Å². The molecule has 0 saturated carbocycles. The van der Waals surface area contributed by atoms with E-state index in [4.69, 9.17) is 0 Å². The fourth-order valence-corrected chi connectivity index (χ4v) is 2.68. The second-order valence-electron chi connectivity index (χ2n) is 5.26. The van der Waals surface area contributed by atoms with Crippen molar-refractivity contribution in [1.82, 2.24) is 29.9 Å². The molecule has 2 N–H and O–H groups in total. The standard InChI is InChI=1S/C16H14N6O2/c1-2-17-16(24)22-14-11(9-19-22)13-12(8-18-14)15(23)21(20-13)10-6-4-3-5-7-10/h3-9,20H,2H2,1H3,(H,17,24). The SMILES string of the molecule is CCNC(=O)n1ncc2c3[nH]n(-c4ccccc4)c(=O)c3cnc21. The summed E-state index contributed by atoms with van der Waals surface area (Å²) in [5, 5.41) is 10.9. The predicted molar refractivity (Wildman–Crippen MR) is 89.5 cm³/mol. The van der Waals surface area contributed by atoms with Crippen molar-refractivity contribution in [2.75, 3.05) is 6.54 Å². The molecule has 0 bridgehead atoms. The molecule has 8 nitrogen and oxygen atoms in total. The molecular formula is C16H14N6O2. The van der Waals surface area contributed by atoms with Crippen LogP contribution in [0.15, 0.2) is 47.5 Å². The maximum absolute atomic E-state index is 12.6. The summed E-state index contributed by atoms with van der Waals surface area (Å²) in [7, 11) is 0. The third-order valence-corrected chi connectivity index (χ3v) is 3.79. The molecule has 0 fully saturated rings. The molecule has 8 heteroatoms. The van der Waals surface area contributed by atoms with E-state index in [0.717, 1.165) is 5.69 Å². The molecule has 0 atom stereocenters. The van der Waals surface area contributed by atoms with Crippen molar-refractivity contribution >= 4 is 28.0 Å². The van der Waals surface area contributed by atoms with E-state index in [1.54, 1.807) is 0 Å². The Balaban J connectivity index is 1.97. The molecule has 0 unspecified atom stereocenters. The lowest BCUT2D eigenvalue weighted by Gasteiger charge is -2.01. The van der Waals surface area contributed by atoms with Crippen molar-refractivity contribution in [2.24, 2.45) is 0 Å². The summed E-state index contributed by atoms with van der Waals surface area (Å²) < 4.78 is 2.64. The first-order chi connectivity index (χ1) is 11.7. The van der Waals surface area contributed by atoms with E-state index >= 15 is 0 Å². The lowest BCUT2D eigenvalue weighted by molar-refractivity contribution is 0.241. The number of nitrogens with one attached hydrogen (secondary N) is 2. The number of aromatic amines is 1. The minimum Gasteiger partial charge on any atom is -0.336 e. The Labute approximate surface area is 135 Å². The van der Waals surface area contributed by atoms with Gasteiger partial charge in [-0.3, -0.25) is 9.89 Å². The molecule has 0 aliphatic carbocycles. The number of amides is 1. The number of hydrogen-bond donors (Lipinski definition) is 2. The van der Waals surface area contributed by atoms with Gasteiger partial charge < -0.3 is 5.32 Å².